The average Bonchev–Trinajstić information content (AvgIpc) is 1.90. The second kappa shape index (κ2) is 6.27. The molecule has 0 bridgehead atoms. The molecule has 0 fully saturated rings. The Morgan fingerprint density at radius 3 is 2.70 bits per heavy atom. The Hall–Kier alpha value is -0.850. The summed E-state index contributed by atoms with van der Waals surface area (Å²) in [6, 6.07) is 0. The van der Waals surface area contributed by atoms with Crippen LogP contribution in [0.15, 0.2) is 28.8 Å². The van der Waals surface area contributed by atoms with Gasteiger partial charge in [-0.05, 0) is 25.6 Å². The lowest BCUT2D eigenvalue weighted by Crippen LogP contribution is -1.82. The molecule has 1 nitrogen and oxygen atoms in total. The first-order valence-corrected chi connectivity index (χ1v) is 3.59. The van der Waals surface area contributed by atoms with E-state index in [9.17, 15) is 0 Å². The molecule has 0 aromatic rings. The third-order valence-electron chi connectivity index (χ3n) is 1.14. The smallest absolute Gasteiger partial charge is 0.0629 e. The van der Waals surface area contributed by atoms with Crippen LogP contribution in [0.3, 0.4) is 0 Å². The van der Waals surface area contributed by atoms with Crippen molar-refractivity contribution in [3.8, 4) is 0 Å². The van der Waals surface area contributed by atoms with E-state index in [2.05, 4.69) is 30.8 Å². The highest BCUT2D eigenvalue weighted by atomic mass is 14.7. The number of nitrogens with zero attached hydrogens (tertiary/aromatic N) is 1. The quantitative estimate of drug-likeness (QED) is 0.417. The van der Waals surface area contributed by atoms with Gasteiger partial charge in [-0.2, -0.15) is 0 Å². The molecule has 0 heterocycles. The number of aliphatic imine (C=N–C) groups is 1. The van der Waals surface area contributed by atoms with Gasteiger partial charge in [-0.1, -0.05) is 25.2 Å². The van der Waals surface area contributed by atoms with Crippen molar-refractivity contribution in [3.05, 3.63) is 23.8 Å². The van der Waals surface area contributed by atoms with Crippen molar-refractivity contribution in [2.75, 3.05) is 6.54 Å². The van der Waals surface area contributed by atoms with E-state index in [0.717, 1.165) is 13.0 Å². The average molecular weight is 137 g/mol. The van der Waals surface area contributed by atoms with E-state index in [1.165, 1.54) is 5.57 Å². The van der Waals surface area contributed by atoms with Crippen molar-refractivity contribution in [3.63, 3.8) is 0 Å². The lowest BCUT2D eigenvalue weighted by atomic mass is 10.2. The first-order valence-electron chi connectivity index (χ1n) is 3.59. The minimum atomic E-state index is 0.734. The molecule has 1 heteroatoms. The molecule has 0 aliphatic rings. The SMILES string of the molecule is C=NCC(/C=C\C)=C/CC. The molecule has 0 aliphatic heterocycles. The fraction of sp³-hybridized carbons (Fsp3) is 0.444. The number of hydrogen-bond acceptors (Lipinski definition) is 1. The highest BCUT2D eigenvalue weighted by Gasteiger charge is 1.85. The number of rotatable bonds is 4. The van der Waals surface area contributed by atoms with E-state index >= 15 is 0 Å². The van der Waals surface area contributed by atoms with Crippen LogP contribution in [0.2, 0.25) is 0 Å². The number of hydrogen-bond donors (Lipinski definition) is 0. The summed E-state index contributed by atoms with van der Waals surface area (Å²) in [5.74, 6) is 0. The monoisotopic (exact) mass is 137 g/mol. The summed E-state index contributed by atoms with van der Waals surface area (Å²) in [6.45, 7) is 8.30. The predicted octanol–water partition coefficient (Wildman–Crippen LogP) is 2.60. The largest absolute Gasteiger partial charge is 0.296 e. The summed E-state index contributed by atoms with van der Waals surface area (Å²) in [6.07, 6.45) is 7.31. The zero-order valence-electron chi connectivity index (χ0n) is 6.80. The van der Waals surface area contributed by atoms with Crippen LogP contribution >= 0.6 is 0 Å². The Morgan fingerprint density at radius 2 is 2.30 bits per heavy atom. The standard InChI is InChI=1S/C9H15N/c1-4-6-9(7-5-2)8-10-3/h4,6-7H,3,5,8H2,1-2H3/b6-4-,9-7+. The maximum Gasteiger partial charge on any atom is 0.0629 e. The van der Waals surface area contributed by atoms with Crippen LogP contribution in [0, 0.1) is 0 Å². The maximum atomic E-state index is 3.80. The van der Waals surface area contributed by atoms with Gasteiger partial charge in [0.25, 0.3) is 0 Å². The van der Waals surface area contributed by atoms with Gasteiger partial charge in [0.2, 0.25) is 0 Å². The first kappa shape index (κ1) is 9.15. The first-order chi connectivity index (χ1) is 4.85. The molecule has 0 aromatic carbocycles. The summed E-state index contributed by atoms with van der Waals surface area (Å²) < 4.78 is 0. The van der Waals surface area contributed by atoms with E-state index in [4.69, 9.17) is 0 Å². The van der Waals surface area contributed by atoms with Gasteiger partial charge in [-0.3, -0.25) is 4.99 Å². The summed E-state index contributed by atoms with van der Waals surface area (Å²) >= 11 is 0. The third-order valence-corrected chi connectivity index (χ3v) is 1.14. The van der Waals surface area contributed by atoms with Gasteiger partial charge in [0, 0.05) is 0 Å². The van der Waals surface area contributed by atoms with Crippen LogP contribution in [0.5, 0.6) is 0 Å². The fourth-order valence-corrected chi connectivity index (χ4v) is 0.791. The molecule has 0 radical (unpaired) electrons. The summed E-state index contributed by atoms with van der Waals surface area (Å²) in [7, 11) is 0. The van der Waals surface area contributed by atoms with Crippen LogP contribution in [0.25, 0.3) is 0 Å². The van der Waals surface area contributed by atoms with Crippen LogP contribution in [-0.2, 0) is 0 Å². The third kappa shape index (κ3) is 4.07. The van der Waals surface area contributed by atoms with E-state index in [1.807, 2.05) is 13.0 Å². The van der Waals surface area contributed by atoms with Gasteiger partial charge < -0.3 is 0 Å². The molecule has 0 saturated heterocycles. The summed E-state index contributed by atoms with van der Waals surface area (Å²) in [5, 5.41) is 0. The van der Waals surface area contributed by atoms with Crippen LogP contribution in [0.1, 0.15) is 20.3 Å². The Labute approximate surface area is 63.2 Å². The lowest BCUT2D eigenvalue weighted by Gasteiger charge is -1.93. The predicted molar refractivity (Wildman–Crippen MR) is 47.6 cm³/mol. The van der Waals surface area contributed by atoms with Crippen LogP contribution in [0.4, 0.5) is 0 Å². The summed E-state index contributed by atoms with van der Waals surface area (Å²) in [4.78, 5) is 3.80. The maximum absolute atomic E-state index is 3.80. The second-order valence-electron chi connectivity index (χ2n) is 2.07. The zero-order chi connectivity index (χ0) is 7.82. The van der Waals surface area contributed by atoms with Crippen molar-refractivity contribution in [1.82, 2.24) is 0 Å². The molecule has 56 valence electrons. The van der Waals surface area contributed by atoms with Crippen molar-refractivity contribution >= 4 is 6.72 Å². The second-order valence-corrected chi connectivity index (χ2v) is 2.07. The Kier molecular flexibility index (Phi) is 5.74. The minimum absolute atomic E-state index is 0.734. The van der Waals surface area contributed by atoms with Gasteiger partial charge in [0.05, 0.1) is 6.54 Å². The van der Waals surface area contributed by atoms with E-state index in [0.29, 0.717) is 0 Å². The van der Waals surface area contributed by atoms with E-state index in [1.54, 1.807) is 0 Å². The molecular weight excluding hydrogens is 122 g/mol. The van der Waals surface area contributed by atoms with Gasteiger partial charge in [-0.25, -0.2) is 0 Å². The normalized spacial score (nSPS) is 12.4. The zero-order valence-corrected chi connectivity index (χ0v) is 6.80. The molecule has 0 aliphatic carbocycles. The highest BCUT2D eigenvalue weighted by Crippen LogP contribution is 1.98. The van der Waals surface area contributed by atoms with Gasteiger partial charge in [-0.15, -0.1) is 0 Å². The van der Waals surface area contributed by atoms with Crippen molar-refractivity contribution < 1.29 is 0 Å². The molecule has 0 rings (SSSR count). The van der Waals surface area contributed by atoms with Crippen LogP contribution < -0.4 is 0 Å². The Morgan fingerprint density at radius 1 is 1.60 bits per heavy atom. The molecule has 0 saturated carbocycles. The van der Waals surface area contributed by atoms with E-state index in [-0.39, 0.29) is 0 Å². The summed E-state index contributed by atoms with van der Waals surface area (Å²) in [5.41, 5.74) is 1.25. The van der Waals surface area contributed by atoms with Gasteiger partial charge >= 0.3 is 0 Å². The molecule has 0 aromatic heterocycles. The lowest BCUT2D eigenvalue weighted by molar-refractivity contribution is 1.13. The highest BCUT2D eigenvalue weighted by molar-refractivity contribution is 5.28. The minimum Gasteiger partial charge on any atom is -0.296 e. The van der Waals surface area contributed by atoms with Crippen LogP contribution in [-0.4, -0.2) is 13.3 Å². The molecule has 0 atom stereocenters. The van der Waals surface area contributed by atoms with Gasteiger partial charge in [0.1, 0.15) is 0 Å². The Balaban J connectivity index is 3.96. The van der Waals surface area contributed by atoms with Crippen molar-refractivity contribution in [2.45, 2.75) is 20.3 Å². The molecule has 0 N–H and O–H groups in total. The molecule has 0 spiro atoms. The number of allylic oxidation sites excluding steroid dienone is 2. The molecule has 0 unspecified atom stereocenters. The fourth-order valence-electron chi connectivity index (χ4n) is 0.791. The van der Waals surface area contributed by atoms with Crippen molar-refractivity contribution in [1.29, 1.82) is 0 Å². The molecule has 10 heavy (non-hydrogen) atoms. The Bertz CT molecular complexity index is 143. The van der Waals surface area contributed by atoms with Gasteiger partial charge in [0.15, 0.2) is 0 Å². The molecular formula is C9H15N. The van der Waals surface area contributed by atoms with E-state index < -0.39 is 0 Å². The van der Waals surface area contributed by atoms with Crippen molar-refractivity contribution in [2.24, 2.45) is 4.99 Å². The topological polar surface area (TPSA) is 12.4 Å². The molecule has 0 amide bonds.